The third kappa shape index (κ3) is 4.64. The van der Waals surface area contributed by atoms with E-state index in [1.54, 1.807) is 12.1 Å². The van der Waals surface area contributed by atoms with Crippen LogP contribution in [0.25, 0.3) is 0 Å². The van der Waals surface area contributed by atoms with Crippen LogP contribution in [0.15, 0.2) is 97.1 Å². The Morgan fingerprint density at radius 2 is 0.935 bits per heavy atom. The Bertz CT molecular complexity index is 1070. The molecule has 0 saturated carbocycles. The lowest BCUT2D eigenvalue weighted by atomic mass is 9.73. The third-order valence-corrected chi connectivity index (χ3v) is 6.00. The van der Waals surface area contributed by atoms with E-state index in [4.69, 9.17) is 0 Å². The van der Waals surface area contributed by atoms with Gasteiger partial charge >= 0.3 is 0 Å². The van der Waals surface area contributed by atoms with Crippen molar-refractivity contribution in [2.75, 3.05) is 0 Å². The molecule has 4 rings (SSSR count). The summed E-state index contributed by atoms with van der Waals surface area (Å²) in [4.78, 5) is 0. The Morgan fingerprint density at radius 3 is 1.32 bits per heavy atom. The van der Waals surface area contributed by atoms with E-state index in [0.29, 0.717) is 0 Å². The first-order valence-corrected chi connectivity index (χ1v) is 10.7. The Morgan fingerprint density at radius 1 is 0.548 bits per heavy atom. The average molecular weight is 409 g/mol. The maximum absolute atomic E-state index is 10.2. The second-order valence-electron chi connectivity index (χ2n) is 8.63. The maximum Gasteiger partial charge on any atom is 0.115 e. The fourth-order valence-electron chi connectivity index (χ4n) is 4.45. The fourth-order valence-corrected chi connectivity index (χ4v) is 4.45. The summed E-state index contributed by atoms with van der Waals surface area (Å²) in [5.41, 5.74) is 6.67. The van der Waals surface area contributed by atoms with Gasteiger partial charge < -0.3 is 10.2 Å². The van der Waals surface area contributed by atoms with Crippen LogP contribution < -0.4 is 0 Å². The molecule has 2 nitrogen and oxygen atoms in total. The van der Waals surface area contributed by atoms with Gasteiger partial charge in [-0.1, -0.05) is 86.6 Å². The monoisotopic (exact) mass is 408 g/mol. The van der Waals surface area contributed by atoms with Crippen molar-refractivity contribution in [1.82, 2.24) is 0 Å². The largest absolute Gasteiger partial charge is 0.508 e. The minimum absolute atomic E-state index is 0.278. The molecule has 156 valence electrons. The number of phenolic OH excluding ortho intramolecular Hbond substituents is 2. The van der Waals surface area contributed by atoms with E-state index in [1.165, 1.54) is 22.3 Å². The summed E-state index contributed by atoms with van der Waals surface area (Å²) in [6, 6.07) is 32.0. The highest BCUT2D eigenvalue weighted by atomic mass is 16.3. The molecule has 0 radical (unpaired) electrons. The van der Waals surface area contributed by atoms with Gasteiger partial charge in [-0.2, -0.15) is 0 Å². The molecule has 0 aliphatic carbocycles. The molecule has 0 amide bonds. The highest BCUT2D eigenvalue weighted by Gasteiger charge is 2.28. The quantitative estimate of drug-likeness (QED) is 0.377. The lowest BCUT2D eigenvalue weighted by molar-refractivity contribution is 0.473. The molecule has 4 aromatic rings. The van der Waals surface area contributed by atoms with Gasteiger partial charge in [0.2, 0.25) is 0 Å². The van der Waals surface area contributed by atoms with E-state index >= 15 is 0 Å². The molecule has 0 saturated heterocycles. The molecular formula is C29H28O2. The summed E-state index contributed by atoms with van der Waals surface area (Å²) >= 11 is 0. The second kappa shape index (κ2) is 8.69. The van der Waals surface area contributed by atoms with E-state index in [2.05, 4.69) is 38.1 Å². The molecule has 0 unspecified atom stereocenters. The Kier molecular flexibility index (Phi) is 5.81. The van der Waals surface area contributed by atoms with Crippen LogP contribution in [0.5, 0.6) is 11.5 Å². The molecule has 0 heterocycles. The number of hydrogen-bond acceptors (Lipinski definition) is 2. The highest BCUT2D eigenvalue weighted by molar-refractivity contribution is 5.51. The van der Waals surface area contributed by atoms with Crippen LogP contribution >= 0.6 is 0 Å². The molecule has 0 fully saturated rings. The SMILES string of the molecule is CC(C)(c1ccc(O)cc1Cc1ccccc1)c1ccc(O)cc1Cc1ccccc1. The van der Waals surface area contributed by atoms with Gasteiger partial charge in [0.05, 0.1) is 0 Å². The lowest BCUT2D eigenvalue weighted by Crippen LogP contribution is -2.23. The zero-order chi connectivity index (χ0) is 21.8. The topological polar surface area (TPSA) is 40.5 Å². The van der Waals surface area contributed by atoms with Crippen molar-refractivity contribution in [3.8, 4) is 11.5 Å². The molecular weight excluding hydrogens is 380 g/mol. The first-order chi connectivity index (χ1) is 14.9. The van der Waals surface area contributed by atoms with E-state index in [0.717, 1.165) is 24.0 Å². The predicted octanol–water partition coefficient (Wildman–Crippen LogP) is 6.61. The van der Waals surface area contributed by atoms with Crippen LogP contribution in [0.2, 0.25) is 0 Å². The summed E-state index contributed by atoms with van der Waals surface area (Å²) in [5.74, 6) is 0.557. The van der Waals surface area contributed by atoms with Crippen molar-refractivity contribution in [1.29, 1.82) is 0 Å². The van der Waals surface area contributed by atoms with E-state index < -0.39 is 0 Å². The van der Waals surface area contributed by atoms with Crippen LogP contribution in [0.1, 0.15) is 47.2 Å². The summed E-state index contributed by atoms with van der Waals surface area (Å²) in [5, 5.41) is 20.4. The molecule has 0 spiro atoms. The number of rotatable bonds is 6. The van der Waals surface area contributed by atoms with Gasteiger partial charge in [0.1, 0.15) is 11.5 Å². The molecule has 0 aliphatic heterocycles. The van der Waals surface area contributed by atoms with Crippen molar-refractivity contribution in [3.63, 3.8) is 0 Å². The van der Waals surface area contributed by atoms with Gasteiger partial charge in [-0.05, 0) is 70.5 Å². The van der Waals surface area contributed by atoms with Gasteiger partial charge in [-0.25, -0.2) is 0 Å². The highest BCUT2D eigenvalue weighted by Crippen LogP contribution is 2.39. The maximum atomic E-state index is 10.2. The van der Waals surface area contributed by atoms with Crippen LogP contribution in [0.3, 0.4) is 0 Å². The first kappa shape index (κ1) is 20.7. The van der Waals surface area contributed by atoms with Crippen LogP contribution in [-0.4, -0.2) is 10.2 Å². The first-order valence-electron chi connectivity index (χ1n) is 10.7. The van der Waals surface area contributed by atoms with Crippen molar-refractivity contribution < 1.29 is 10.2 Å². The Balaban J connectivity index is 1.79. The van der Waals surface area contributed by atoms with Crippen LogP contribution in [0.4, 0.5) is 0 Å². The molecule has 0 aliphatic rings. The molecule has 2 heteroatoms. The van der Waals surface area contributed by atoms with Crippen LogP contribution in [-0.2, 0) is 18.3 Å². The summed E-state index contributed by atoms with van der Waals surface area (Å²) < 4.78 is 0. The molecule has 2 N–H and O–H groups in total. The van der Waals surface area contributed by atoms with E-state index in [-0.39, 0.29) is 16.9 Å². The van der Waals surface area contributed by atoms with E-state index in [1.807, 2.05) is 60.7 Å². The normalized spacial score (nSPS) is 11.4. The van der Waals surface area contributed by atoms with Crippen molar-refractivity contribution >= 4 is 0 Å². The smallest absolute Gasteiger partial charge is 0.115 e. The third-order valence-electron chi connectivity index (χ3n) is 6.00. The number of phenols is 2. The summed E-state index contributed by atoms with van der Waals surface area (Å²) in [6.07, 6.45) is 1.50. The van der Waals surface area contributed by atoms with Crippen molar-refractivity contribution in [3.05, 3.63) is 130 Å². The van der Waals surface area contributed by atoms with E-state index in [9.17, 15) is 10.2 Å². The van der Waals surface area contributed by atoms with Crippen molar-refractivity contribution in [2.45, 2.75) is 32.1 Å². The van der Waals surface area contributed by atoms with Gasteiger partial charge in [0.15, 0.2) is 0 Å². The van der Waals surface area contributed by atoms with Crippen molar-refractivity contribution in [2.24, 2.45) is 0 Å². The Labute approximate surface area is 184 Å². The summed E-state index contributed by atoms with van der Waals surface area (Å²) in [6.45, 7) is 4.43. The fraction of sp³-hybridized carbons (Fsp3) is 0.172. The minimum atomic E-state index is -0.310. The standard InChI is InChI=1S/C29H28O2/c1-29(2,27-15-13-25(30)19-23(27)17-21-9-5-3-6-10-21)28-16-14-26(31)20-24(28)18-22-11-7-4-8-12-22/h3-16,19-20,30-31H,17-18H2,1-2H3. The minimum Gasteiger partial charge on any atom is -0.508 e. The number of benzene rings is 4. The second-order valence-corrected chi connectivity index (χ2v) is 8.63. The van der Waals surface area contributed by atoms with Gasteiger partial charge in [0.25, 0.3) is 0 Å². The Hall–Kier alpha value is -3.52. The van der Waals surface area contributed by atoms with Crippen LogP contribution in [0, 0.1) is 0 Å². The summed E-state index contributed by atoms with van der Waals surface area (Å²) in [7, 11) is 0. The lowest BCUT2D eigenvalue weighted by Gasteiger charge is -2.31. The zero-order valence-electron chi connectivity index (χ0n) is 18.0. The molecule has 4 aromatic carbocycles. The molecule has 31 heavy (non-hydrogen) atoms. The molecule has 0 atom stereocenters. The molecule has 0 aromatic heterocycles. The predicted molar refractivity (Wildman–Crippen MR) is 127 cm³/mol. The number of aromatic hydroxyl groups is 2. The van der Waals surface area contributed by atoms with Gasteiger partial charge in [-0.3, -0.25) is 0 Å². The average Bonchev–Trinajstić information content (AvgIpc) is 2.75. The van der Waals surface area contributed by atoms with Gasteiger partial charge in [-0.15, -0.1) is 0 Å². The molecule has 0 bridgehead atoms. The van der Waals surface area contributed by atoms with Gasteiger partial charge in [0, 0.05) is 5.41 Å². The zero-order valence-corrected chi connectivity index (χ0v) is 18.0. The number of hydrogen-bond donors (Lipinski definition) is 2.